The highest BCUT2D eigenvalue weighted by Crippen LogP contribution is 2.26. The van der Waals surface area contributed by atoms with Gasteiger partial charge in [0.15, 0.2) is 6.10 Å². The average molecular weight is 353 g/mol. The number of isothiocyanates is 1. The summed E-state index contributed by atoms with van der Waals surface area (Å²) in [5.74, 6) is -0.102. The molecule has 5 atom stereocenters. The number of esters is 1. The lowest BCUT2D eigenvalue weighted by Gasteiger charge is -2.40. The van der Waals surface area contributed by atoms with E-state index in [9.17, 15) is 15.0 Å². The van der Waals surface area contributed by atoms with Gasteiger partial charge in [-0.25, -0.2) is 4.99 Å². The van der Waals surface area contributed by atoms with Gasteiger partial charge in [-0.05, 0) is 36.8 Å². The molecule has 1 saturated heterocycles. The van der Waals surface area contributed by atoms with Gasteiger partial charge < -0.3 is 24.4 Å². The van der Waals surface area contributed by atoms with Gasteiger partial charge in [0.25, 0.3) is 0 Å². The number of aliphatic imine (C=N–C) groups is 1. The number of aliphatic hydroxyl groups is 2. The van der Waals surface area contributed by atoms with Crippen molar-refractivity contribution in [3.05, 3.63) is 29.8 Å². The minimum absolute atomic E-state index is 0.423. The number of thiocarbonyl (C=S) groups is 1. The van der Waals surface area contributed by atoms with E-state index in [2.05, 4.69) is 22.4 Å². The second-order valence-electron chi connectivity index (χ2n) is 5.43. The molecule has 0 amide bonds. The summed E-state index contributed by atoms with van der Waals surface area (Å²) in [6.45, 7) is 3.28. The lowest BCUT2D eigenvalue weighted by Crippen LogP contribution is -2.59. The lowest BCUT2D eigenvalue weighted by atomic mass is 9.99. The molecule has 2 N–H and O–H groups in total. The van der Waals surface area contributed by atoms with Crippen molar-refractivity contribution in [2.24, 2.45) is 4.99 Å². The number of benzene rings is 1. The quantitative estimate of drug-likeness (QED) is 0.464. The molecule has 1 fully saturated rings. The zero-order chi connectivity index (χ0) is 17.7. The van der Waals surface area contributed by atoms with Crippen LogP contribution in [-0.4, -0.2) is 52.0 Å². The molecule has 130 valence electrons. The number of hydrogen-bond acceptors (Lipinski definition) is 8. The predicted octanol–water partition coefficient (Wildman–Crippen LogP) is 1.07. The van der Waals surface area contributed by atoms with Crippen molar-refractivity contribution in [1.29, 1.82) is 0 Å². The number of carbonyl (C=O) groups excluding carboxylic acids is 1. The normalized spacial score (nSPS) is 29.4. The van der Waals surface area contributed by atoms with Gasteiger partial charge >= 0.3 is 5.97 Å². The van der Waals surface area contributed by atoms with Crippen LogP contribution in [0, 0.1) is 0 Å². The fraction of sp³-hybridized carbons (Fsp3) is 0.500. The molecule has 0 spiro atoms. The van der Waals surface area contributed by atoms with E-state index in [4.69, 9.17) is 14.2 Å². The lowest BCUT2D eigenvalue weighted by molar-refractivity contribution is -0.272. The summed E-state index contributed by atoms with van der Waals surface area (Å²) >= 11 is 4.52. The van der Waals surface area contributed by atoms with Crippen LogP contribution in [0.4, 0.5) is 0 Å². The third kappa shape index (κ3) is 4.59. The van der Waals surface area contributed by atoms with E-state index < -0.39 is 36.7 Å². The van der Waals surface area contributed by atoms with Crippen LogP contribution >= 0.6 is 12.2 Å². The first-order chi connectivity index (χ1) is 11.4. The van der Waals surface area contributed by atoms with E-state index in [1.807, 2.05) is 0 Å². The van der Waals surface area contributed by atoms with Gasteiger partial charge in [-0.15, -0.1) is 0 Å². The average Bonchev–Trinajstić information content (AvgIpc) is 2.55. The highest BCUT2D eigenvalue weighted by Gasteiger charge is 2.45. The Morgan fingerprint density at radius 1 is 1.33 bits per heavy atom. The van der Waals surface area contributed by atoms with E-state index in [0.29, 0.717) is 12.3 Å². The molecule has 1 aliphatic heterocycles. The Bertz CT molecular complexity index is 615. The standard InChI is InChI=1S/C16H19NO6S/c1-9-15(22-10(2)18)13(19)14(20)16(21-9)23-12-5-3-11(4-6-12)7-17-8-24/h3-6,9,13-16,19-20H,7H2,1-2H3. The van der Waals surface area contributed by atoms with Crippen LogP contribution in [0.15, 0.2) is 29.3 Å². The number of carbonyl (C=O) groups is 1. The second kappa shape index (κ2) is 8.32. The molecule has 1 aliphatic rings. The van der Waals surface area contributed by atoms with Crippen LogP contribution in [-0.2, 0) is 20.8 Å². The third-order valence-corrected chi connectivity index (χ3v) is 3.71. The fourth-order valence-electron chi connectivity index (χ4n) is 2.39. The van der Waals surface area contributed by atoms with Crippen molar-refractivity contribution >= 4 is 23.3 Å². The summed E-state index contributed by atoms with van der Waals surface area (Å²) in [5.41, 5.74) is 0.924. The first-order valence-corrected chi connectivity index (χ1v) is 7.81. The SMILES string of the molecule is CC(=O)OC1C(C)OC(Oc2ccc(CN=C=S)cc2)C(O)C1O. The van der Waals surface area contributed by atoms with E-state index in [1.54, 1.807) is 31.2 Å². The molecule has 24 heavy (non-hydrogen) atoms. The van der Waals surface area contributed by atoms with Gasteiger partial charge in [0.1, 0.15) is 18.0 Å². The molecule has 7 nitrogen and oxygen atoms in total. The zero-order valence-electron chi connectivity index (χ0n) is 13.3. The van der Waals surface area contributed by atoms with Crippen LogP contribution < -0.4 is 4.74 Å². The number of ether oxygens (including phenoxy) is 3. The van der Waals surface area contributed by atoms with Gasteiger partial charge in [0.2, 0.25) is 6.29 Å². The molecule has 8 heteroatoms. The molecule has 0 radical (unpaired) electrons. The third-order valence-electron chi connectivity index (χ3n) is 3.58. The molecule has 0 aliphatic carbocycles. The minimum Gasteiger partial charge on any atom is -0.462 e. The van der Waals surface area contributed by atoms with Crippen molar-refractivity contribution in [3.8, 4) is 5.75 Å². The summed E-state index contributed by atoms with van der Waals surface area (Å²) in [5, 5.41) is 22.6. The van der Waals surface area contributed by atoms with Crippen LogP contribution in [0.5, 0.6) is 5.75 Å². The maximum absolute atomic E-state index is 11.1. The van der Waals surface area contributed by atoms with E-state index in [1.165, 1.54) is 6.92 Å². The second-order valence-corrected chi connectivity index (χ2v) is 5.62. The smallest absolute Gasteiger partial charge is 0.303 e. The fourth-order valence-corrected chi connectivity index (χ4v) is 2.45. The largest absolute Gasteiger partial charge is 0.462 e. The van der Waals surface area contributed by atoms with Crippen molar-refractivity contribution in [3.63, 3.8) is 0 Å². The highest BCUT2D eigenvalue weighted by atomic mass is 32.1. The van der Waals surface area contributed by atoms with E-state index in [0.717, 1.165) is 5.56 Å². The van der Waals surface area contributed by atoms with Gasteiger partial charge in [-0.3, -0.25) is 4.79 Å². The van der Waals surface area contributed by atoms with Crippen LogP contribution in [0.2, 0.25) is 0 Å². The first kappa shape index (κ1) is 18.5. The molecule has 0 aromatic heterocycles. The molecule has 1 aromatic carbocycles. The number of hydrogen-bond donors (Lipinski definition) is 2. The Kier molecular flexibility index (Phi) is 6.42. The molecule has 1 heterocycles. The van der Waals surface area contributed by atoms with Gasteiger partial charge in [-0.1, -0.05) is 12.1 Å². The van der Waals surface area contributed by atoms with Gasteiger partial charge in [-0.2, -0.15) is 0 Å². The maximum Gasteiger partial charge on any atom is 0.303 e. The highest BCUT2D eigenvalue weighted by molar-refractivity contribution is 7.78. The van der Waals surface area contributed by atoms with Crippen molar-refractivity contribution in [2.75, 3.05) is 0 Å². The van der Waals surface area contributed by atoms with Crippen LogP contribution in [0.25, 0.3) is 0 Å². The molecule has 1 aromatic rings. The Balaban J connectivity index is 2.02. The van der Waals surface area contributed by atoms with Crippen LogP contribution in [0.1, 0.15) is 19.4 Å². The Labute approximate surface area is 144 Å². The Morgan fingerprint density at radius 3 is 2.58 bits per heavy atom. The molecule has 5 unspecified atom stereocenters. The molecule has 0 saturated carbocycles. The summed E-state index contributed by atoms with van der Waals surface area (Å²) in [7, 11) is 0. The first-order valence-electron chi connectivity index (χ1n) is 7.40. The Morgan fingerprint density at radius 2 is 2.00 bits per heavy atom. The minimum atomic E-state index is -1.36. The molecular formula is C16H19NO6S. The van der Waals surface area contributed by atoms with E-state index >= 15 is 0 Å². The van der Waals surface area contributed by atoms with Gasteiger partial charge in [0.05, 0.1) is 17.8 Å². The van der Waals surface area contributed by atoms with E-state index in [-0.39, 0.29) is 0 Å². The predicted molar refractivity (Wildman–Crippen MR) is 87.7 cm³/mol. The number of rotatable bonds is 5. The number of nitrogens with zero attached hydrogens (tertiary/aromatic N) is 1. The summed E-state index contributed by atoms with van der Waals surface area (Å²) in [6.07, 6.45) is -5.32. The zero-order valence-corrected chi connectivity index (χ0v) is 14.1. The van der Waals surface area contributed by atoms with Gasteiger partial charge in [0, 0.05) is 6.92 Å². The molecule has 2 rings (SSSR count). The van der Waals surface area contributed by atoms with Crippen LogP contribution in [0.3, 0.4) is 0 Å². The molecule has 0 bridgehead atoms. The Hall–Kier alpha value is -1.83. The topological polar surface area (TPSA) is 97.6 Å². The van der Waals surface area contributed by atoms with Crippen molar-refractivity contribution in [1.82, 2.24) is 0 Å². The van der Waals surface area contributed by atoms with Crippen molar-refractivity contribution in [2.45, 2.75) is 51.1 Å². The molecular weight excluding hydrogens is 334 g/mol. The monoisotopic (exact) mass is 353 g/mol. The van der Waals surface area contributed by atoms with Crippen molar-refractivity contribution < 1.29 is 29.2 Å². The summed E-state index contributed by atoms with van der Waals surface area (Å²) in [4.78, 5) is 14.9. The maximum atomic E-state index is 11.1. The summed E-state index contributed by atoms with van der Waals surface area (Å²) < 4.78 is 16.1. The number of aliphatic hydroxyl groups excluding tert-OH is 2. The summed E-state index contributed by atoms with van der Waals surface area (Å²) in [6, 6.07) is 6.98.